The molecule has 0 saturated heterocycles. The number of hydrogen-bond donors (Lipinski definition) is 0. The van der Waals surface area contributed by atoms with Crippen LogP contribution in [0.25, 0.3) is 0 Å². The second kappa shape index (κ2) is 7.53. The normalized spacial score (nSPS) is 15.3. The molecule has 0 aliphatic carbocycles. The van der Waals surface area contributed by atoms with Gasteiger partial charge >= 0.3 is 0 Å². The van der Waals surface area contributed by atoms with Gasteiger partial charge in [-0.3, -0.25) is 4.90 Å². The van der Waals surface area contributed by atoms with Gasteiger partial charge in [-0.05, 0) is 66.4 Å². The summed E-state index contributed by atoms with van der Waals surface area (Å²) in [4.78, 5) is 2.53. The quantitative estimate of drug-likeness (QED) is 0.543. The van der Waals surface area contributed by atoms with Gasteiger partial charge in [0.1, 0.15) is 11.5 Å². The van der Waals surface area contributed by atoms with Crippen molar-refractivity contribution in [2.24, 2.45) is 0 Å². The van der Waals surface area contributed by atoms with E-state index >= 15 is 0 Å². The molecule has 0 N–H and O–H groups in total. The summed E-state index contributed by atoms with van der Waals surface area (Å²) in [5, 5.41) is 0.713. The number of nitrogens with zero attached hydrogens (tertiary/aromatic N) is 1. The van der Waals surface area contributed by atoms with Gasteiger partial charge in [0.25, 0.3) is 0 Å². The molecule has 1 heterocycles. The fourth-order valence-corrected chi connectivity index (χ4v) is 3.66. The van der Waals surface area contributed by atoms with E-state index in [0.29, 0.717) is 11.1 Å². The molecule has 0 saturated carbocycles. The van der Waals surface area contributed by atoms with Crippen LogP contribution in [0, 0.1) is 0 Å². The standard InChI is InChI=1S/C23H22ClNO/c1-17(25-14-13-18-5-2-3-6-20(18)16-25)19-7-4-8-23(15-19)26-22-11-9-21(24)10-12-22/h2-12,15,17H,13-14,16H2,1H3. The van der Waals surface area contributed by atoms with Crippen LogP contribution >= 0.6 is 11.6 Å². The highest BCUT2D eigenvalue weighted by Crippen LogP contribution is 2.30. The maximum absolute atomic E-state index is 5.99. The van der Waals surface area contributed by atoms with Crippen LogP contribution in [0.3, 0.4) is 0 Å². The molecule has 3 aromatic rings. The minimum atomic E-state index is 0.345. The van der Waals surface area contributed by atoms with Crippen LogP contribution in [0.1, 0.15) is 29.7 Å². The first-order valence-corrected chi connectivity index (χ1v) is 9.41. The molecule has 1 unspecified atom stereocenters. The van der Waals surface area contributed by atoms with Gasteiger partial charge in [-0.25, -0.2) is 0 Å². The van der Waals surface area contributed by atoms with Gasteiger partial charge in [0.2, 0.25) is 0 Å². The van der Waals surface area contributed by atoms with Gasteiger partial charge in [-0.1, -0.05) is 48.0 Å². The Hall–Kier alpha value is -2.29. The molecule has 2 nitrogen and oxygen atoms in total. The Morgan fingerprint density at radius 3 is 2.46 bits per heavy atom. The van der Waals surface area contributed by atoms with E-state index in [-0.39, 0.29) is 0 Å². The Kier molecular flexibility index (Phi) is 4.96. The molecule has 26 heavy (non-hydrogen) atoms. The predicted molar refractivity (Wildman–Crippen MR) is 107 cm³/mol. The number of halogens is 1. The van der Waals surface area contributed by atoms with Crippen molar-refractivity contribution in [3.05, 3.63) is 94.5 Å². The lowest BCUT2D eigenvalue weighted by Crippen LogP contribution is -2.32. The Morgan fingerprint density at radius 2 is 1.65 bits per heavy atom. The molecule has 4 rings (SSSR count). The fourth-order valence-electron chi connectivity index (χ4n) is 3.54. The van der Waals surface area contributed by atoms with Crippen LogP contribution in [0.15, 0.2) is 72.8 Å². The highest BCUT2D eigenvalue weighted by molar-refractivity contribution is 6.30. The molecule has 132 valence electrons. The minimum Gasteiger partial charge on any atom is -0.457 e. The third-order valence-electron chi connectivity index (χ3n) is 5.10. The second-order valence-corrected chi connectivity index (χ2v) is 7.23. The molecule has 1 atom stereocenters. The molecule has 1 aliphatic rings. The van der Waals surface area contributed by atoms with Crippen molar-refractivity contribution in [1.29, 1.82) is 0 Å². The molecular weight excluding hydrogens is 342 g/mol. The van der Waals surface area contributed by atoms with Crippen LogP contribution in [0.4, 0.5) is 0 Å². The van der Waals surface area contributed by atoms with Crippen LogP contribution in [0.5, 0.6) is 11.5 Å². The number of rotatable bonds is 4. The van der Waals surface area contributed by atoms with E-state index in [1.807, 2.05) is 30.3 Å². The molecule has 0 amide bonds. The molecule has 0 aromatic heterocycles. The van der Waals surface area contributed by atoms with E-state index in [2.05, 4.69) is 54.3 Å². The van der Waals surface area contributed by atoms with Crippen LogP contribution < -0.4 is 4.74 Å². The third kappa shape index (κ3) is 3.77. The molecular formula is C23H22ClNO. The summed E-state index contributed by atoms with van der Waals surface area (Å²) in [5.74, 6) is 1.65. The van der Waals surface area contributed by atoms with Gasteiger partial charge in [-0.15, -0.1) is 0 Å². The predicted octanol–water partition coefficient (Wildman–Crippen LogP) is 6.25. The van der Waals surface area contributed by atoms with Gasteiger partial charge in [0.15, 0.2) is 0 Å². The molecule has 3 aromatic carbocycles. The number of ether oxygens (including phenoxy) is 1. The van der Waals surface area contributed by atoms with Gasteiger partial charge in [0, 0.05) is 24.2 Å². The van der Waals surface area contributed by atoms with E-state index in [4.69, 9.17) is 16.3 Å². The molecule has 0 fully saturated rings. The minimum absolute atomic E-state index is 0.345. The number of benzene rings is 3. The Balaban J connectivity index is 1.50. The fraction of sp³-hybridized carbons (Fsp3) is 0.217. The van der Waals surface area contributed by atoms with E-state index in [0.717, 1.165) is 31.0 Å². The molecule has 1 aliphatic heterocycles. The summed E-state index contributed by atoms with van der Waals surface area (Å²) in [6.07, 6.45) is 1.11. The van der Waals surface area contributed by atoms with Gasteiger partial charge in [-0.2, -0.15) is 0 Å². The summed E-state index contributed by atoms with van der Waals surface area (Å²) in [6, 6.07) is 24.9. The molecule has 0 bridgehead atoms. The molecule has 0 radical (unpaired) electrons. The first-order valence-electron chi connectivity index (χ1n) is 9.03. The third-order valence-corrected chi connectivity index (χ3v) is 5.35. The van der Waals surface area contributed by atoms with Crippen LogP contribution in [0.2, 0.25) is 5.02 Å². The monoisotopic (exact) mass is 363 g/mol. The zero-order chi connectivity index (χ0) is 17.9. The average molecular weight is 364 g/mol. The van der Waals surface area contributed by atoms with Crippen molar-refractivity contribution >= 4 is 11.6 Å². The maximum Gasteiger partial charge on any atom is 0.127 e. The molecule has 0 spiro atoms. The van der Waals surface area contributed by atoms with Crippen LogP contribution in [-0.2, 0) is 13.0 Å². The summed E-state index contributed by atoms with van der Waals surface area (Å²) < 4.78 is 5.99. The van der Waals surface area contributed by atoms with Crippen molar-refractivity contribution in [1.82, 2.24) is 4.90 Å². The van der Waals surface area contributed by atoms with Crippen molar-refractivity contribution in [3.63, 3.8) is 0 Å². The van der Waals surface area contributed by atoms with E-state index in [1.54, 1.807) is 0 Å². The topological polar surface area (TPSA) is 12.5 Å². The highest BCUT2D eigenvalue weighted by Gasteiger charge is 2.21. The Morgan fingerprint density at radius 1 is 0.885 bits per heavy atom. The second-order valence-electron chi connectivity index (χ2n) is 6.79. The lowest BCUT2D eigenvalue weighted by molar-refractivity contribution is 0.192. The lowest BCUT2D eigenvalue weighted by Gasteiger charge is -2.34. The zero-order valence-corrected chi connectivity index (χ0v) is 15.6. The van der Waals surface area contributed by atoms with E-state index in [9.17, 15) is 0 Å². The first kappa shape index (κ1) is 17.1. The van der Waals surface area contributed by atoms with E-state index < -0.39 is 0 Å². The van der Waals surface area contributed by atoms with Crippen molar-refractivity contribution in [3.8, 4) is 11.5 Å². The summed E-state index contributed by atoms with van der Waals surface area (Å²) in [5.41, 5.74) is 4.20. The van der Waals surface area contributed by atoms with Gasteiger partial charge < -0.3 is 4.74 Å². The van der Waals surface area contributed by atoms with Crippen molar-refractivity contribution in [2.45, 2.75) is 25.9 Å². The highest BCUT2D eigenvalue weighted by atomic mass is 35.5. The van der Waals surface area contributed by atoms with Crippen molar-refractivity contribution < 1.29 is 4.74 Å². The largest absolute Gasteiger partial charge is 0.457 e. The first-order chi connectivity index (χ1) is 12.7. The number of fused-ring (bicyclic) bond motifs is 1. The summed E-state index contributed by atoms with van der Waals surface area (Å²) in [6.45, 7) is 4.36. The Labute approximate surface area is 160 Å². The number of hydrogen-bond acceptors (Lipinski definition) is 2. The average Bonchev–Trinajstić information content (AvgIpc) is 2.69. The van der Waals surface area contributed by atoms with E-state index in [1.165, 1.54) is 16.7 Å². The summed E-state index contributed by atoms with van der Waals surface area (Å²) in [7, 11) is 0. The van der Waals surface area contributed by atoms with Gasteiger partial charge in [0.05, 0.1) is 0 Å². The maximum atomic E-state index is 5.99. The SMILES string of the molecule is CC(c1cccc(Oc2ccc(Cl)cc2)c1)N1CCc2ccccc2C1. The van der Waals surface area contributed by atoms with Crippen molar-refractivity contribution in [2.75, 3.05) is 6.54 Å². The smallest absolute Gasteiger partial charge is 0.127 e. The summed E-state index contributed by atoms with van der Waals surface area (Å²) >= 11 is 5.94. The van der Waals surface area contributed by atoms with Crippen LogP contribution in [-0.4, -0.2) is 11.4 Å². The zero-order valence-electron chi connectivity index (χ0n) is 14.9. The lowest BCUT2D eigenvalue weighted by atomic mass is 9.97. The molecule has 3 heteroatoms. The Bertz CT molecular complexity index is 891.